The highest BCUT2D eigenvalue weighted by atomic mass is 35.5. The number of carbonyl (C=O) groups excluding carboxylic acids is 3. The van der Waals surface area contributed by atoms with E-state index in [1.165, 1.54) is 0 Å². The van der Waals surface area contributed by atoms with Crippen molar-refractivity contribution >= 4 is 40.6 Å². The number of nitrogens with two attached hydrogens (primary N) is 1. The number of ketones is 1. The Morgan fingerprint density at radius 3 is 2.71 bits per heavy atom. The summed E-state index contributed by atoms with van der Waals surface area (Å²) in [4.78, 5) is 42.9. The van der Waals surface area contributed by atoms with Crippen LogP contribution in [0.3, 0.4) is 0 Å². The van der Waals surface area contributed by atoms with Crippen LogP contribution in [0.1, 0.15) is 42.9 Å². The van der Waals surface area contributed by atoms with Crippen LogP contribution in [0, 0.1) is 13.8 Å². The normalized spacial score (nSPS) is 21.3. The molecule has 5 rings (SSSR count). The van der Waals surface area contributed by atoms with Crippen LogP contribution in [0.15, 0.2) is 59.1 Å². The number of aryl methyl sites for hydroxylation is 1. The van der Waals surface area contributed by atoms with Crippen molar-refractivity contribution in [2.75, 3.05) is 16.8 Å². The van der Waals surface area contributed by atoms with E-state index in [9.17, 15) is 14.4 Å². The van der Waals surface area contributed by atoms with Gasteiger partial charge in [0.2, 0.25) is 5.91 Å². The number of fused-ring (bicyclic) bond motifs is 3. The third kappa shape index (κ3) is 3.14. The highest BCUT2D eigenvalue weighted by Crippen LogP contribution is 2.56. The van der Waals surface area contributed by atoms with Gasteiger partial charge in [-0.1, -0.05) is 23.7 Å². The van der Waals surface area contributed by atoms with Gasteiger partial charge in [-0.15, -0.1) is 0 Å². The molecule has 0 bridgehead atoms. The second kappa shape index (κ2) is 8.27. The van der Waals surface area contributed by atoms with Crippen molar-refractivity contribution < 1.29 is 19.1 Å². The number of ether oxygens (including phenoxy) is 1. The maximum Gasteiger partial charge on any atom is 0.339 e. The Labute approximate surface area is 208 Å². The predicted molar refractivity (Wildman–Crippen MR) is 134 cm³/mol. The molecule has 8 heteroatoms. The van der Waals surface area contributed by atoms with E-state index in [0.717, 1.165) is 16.8 Å². The van der Waals surface area contributed by atoms with Gasteiger partial charge in [-0.2, -0.15) is 0 Å². The van der Waals surface area contributed by atoms with Crippen molar-refractivity contribution in [1.82, 2.24) is 0 Å². The van der Waals surface area contributed by atoms with Gasteiger partial charge in [0.15, 0.2) is 5.78 Å². The molecule has 3 aliphatic rings. The van der Waals surface area contributed by atoms with Crippen LogP contribution in [-0.2, 0) is 24.5 Å². The molecule has 1 spiro atoms. The number of allylic oxidation sites excluding steroid dienone is 1. The molecule has 180 valence electrons. The predicted octanol–water partition coefficient (Wildman–Crippen LogP) is 4.41. The third-order valence-electron chi connectivity index (χ3n) is 7.17. The number of anilines is 2. The zero-order valence-corrected chi connectivity index (χ0v) is 20.6. The topological polar surface area (TPSA) is 102 Å². The standard InChI is InChI=1S/C27H26ClN3O4/c1-4-35-25(33)23-24(29)31(19-8-5-7-14(2)15(19)3)20-9-6-10-21(32)22(20)27(23)17-13-16(28)11-12-18(17)30-26(27)34/h5,7-8,11-13H,4,6,9-10,29H2,1-3H3,(H,30,34). The second-order valence-corrected chi connectivity index (χ2v) is 9.46. The molecule has 35 heavy (non-hydrogen) atoms. The molecule has 2 heterocycles. The van der Waals surface area contributed by atoms with Crippen LogP contribution in [0.25, 0.3) is 0 Å². The van der Waals surface area contributed by atoms with Crippen molar-refractivity contribution in [3.63, 3.8) is 0 Å². The molecule has 2 aliphatic heterocycles. The molecule has 2 aromatic carbocycles. The summed E-state index contributed by atoms with van der Waals surface area (Å²) in [7, 11) is 0. The van der Waals surface area contributed by atoms with Gasteiger partial charge in [-0.3, -0.25) is 14.5 Å². The largest absolute Gasteiger partial charge is 0.462 e. The van der Waals surface area contributed by atoms with E-state index in [1.807, 2.05) is 32.0 Å². The molecular weight excluding hydrogens is 466 g/mol. The molecule has 0 aromatic heterocycles. The Morgan fingerprint density at radius 2 is 1.97 bits per heavy atom. The van der Waals surface area contributed by atoms with E-state index < -0.39 is 17.3 Å². The fourth-order valence-corrected chi connectivity index (χ4v) is 5.71. The summed E-state index contributed by atoms with van der Waals surface area (Å²) in [6.45, 7) is 5.72. The van der Waals surface area contributed by atoms with E-state index in [0.29, 0.717) is 34.8 Å². The lowest BCUT2D eigenvalue weighted by molar-refractivity contribution is -0.140. The van der Waals surface area contributed by atoms with Crippen LogP contribution in [0.5, 0.6) is 0 Å². The zero-order valence-electron chi connectivity index (χ0n) is 19.8. The van der Waals surface area contributed by atoms with Crippen LogP contribution < -0.4 is 16.0 Å². The Hall–Kier alpha value is -3.58. The number of carbonyl (C=O) groups is 3. The maximum atomic E-state index is 13.9. The number of rotatable bonds is 3. The first-order valence-corrected chi connectivity index (χ1v) is 12.0. The van der Waals surface area contributed by atoms with Gasteiger partial charge in [0, 0.05) is 34.0 Å². The Morgan fingerprint density at radius 1 is 1.20 bits per heavy atom. The number of hydrogen-bond donors (Lipinski definition) is 2. The number of amides is 1. The van der Waals surface area contributed by atoms with Crippen LogP contribution >= 0.6 is 11.6 Å². The summed E-state index contributed by atoms with van der Waals surface area (Å²) >= 11 is 6.36. The number of nitrogens with zero attached hydrogens (tertiary/aromatic N) is 1. The summed E-state index contributed by atoms with van der Waals surface area (Å²) in [5.41, 5.74) is 9.58. The van der Waals surface area contributed by atoms with Crippen LogP contribution in [-0.4, -0.2) is 24.3 Å². The first-order chi connectivity index (χ1) is 16.7. The summed E-state index contributed by atoms with van der Waals surface area (Å²) in [6.07, 6.45) is 1.40. The van der Waals surface area contributed by atoms with Crippen molar-refractivity contribution in [2.24, 2.45) is 5.73 Å². The van der Waals surface area contributed by atoms with Gasteiger partial charge >= 0.3 is 5.97 Å². The van der Waals surface area contributed by atoms with Gasteiger partial charge in [-0.05, 0) is 69.0 Å². The van der Waals surface area contributed by atoms with Crippen LogP contribution in [0.2, 0.25) is 5.02 Å². The molecule has 1 amide bonds. The Balaban J connectivity index is 1.93. The average molecular weight is 492 g/mol. The number of halogens is 1. The van der Waals surface area contributed by atoms with Gasteiger partial charge in [0.05, 0.1) is 12.3 Å². The molecule has 0 saturated carbocycles. The smallest absolute Gasteiger partial charge is 0.339 e. The lowest BCUT2D eigenvalue weighted by atomic mass is 9.63. The summed E-state index contributed by atoms with van der Waals surface area (Å²) in [5, 5.41) is 3.24. The highest BCUT2D eigenvalue weighted by Gasteiger charge is 2.62. The zero-order chi connectivity index (χ0) is 25.1. The lowest BCUT2D eigenvalue weighted by Crippen LogP contribution is -2.53. The first-order valence-electron chi connectivity index (χ1n) is 11.6. The molecule has 1 aliphatic carbocycles. The molecule has 0 fully saturated rings. The van der Waals surface area contributed by atoms with Crippen molar-refractivity contribution in [3.05, 3.63) is 80.8 Å². The average Bonchev–Trinajstić information content (AvgIpc) is 3.08. The van der Waals surface area contributed by atoms with Gasteiger partial charge in [-0.25, -0.2) is 4.79 Å². The minimum atomic E-state index is -1.74. The van der Waals surface area contributed by atoms with E-state index in [2.05, 4.69) is 5.32 Å². The van der Waals surface area contributed by atoms with E-state index in [-0.39, 0.29) is 35.8 Å². The third-order valence-corrected chi connectivity index (χ3v) is 7.41. The van der Waals surface area contributed by atoms with E-state index in [4.69, 9.17) is 22.1 Å². The molecule has 0 radical (unpaired) electrons. The summed E-state index contributed by atoms with van der Waals surface area (Å²) in [5.74, 6) is -1.37. The fraction of sp³-hybridized carbons (Fsp3) is 0.296. The number of esters is 1. The Bertz CT molecular complexity index is 1380. The minimum absolute atomic E-state index is 0.0622. The molecule has 0 saturated heterocycles. The quantitative estimate of drug-likeness (QED) is 0.617. The molecular formula is C27H26ClN3O4. The molecule has 3 N–H and O–H groups in total. The number of nitrogens with one attached hydrogen (secondary N) is 1. The maximum absolute atomic E-state index is 13.9. The number of Topliss-reactive ketones (excluding diaryl/α,β-unsaturated/α-hetero) is 1. The van der Waals surface area contributed by atoms with Crippen LogP contribution in [0.4, 0.5) is 11.4 Å². The molecule has 1 unspecified atom stereocenters. The van der Waals surface area contributed by atoms with Gasteiger partial charge < -0.3 is 15.8 Å². The minimum Gasteiger partial charge on any atom is -0.462 e. The first kappa shape index (κ1) is 23.2. The van der Waals surface area contributed by atoms with Gasteiger partial charge in [0.25, 0.3) is 0 Å². The van der Waals surface area contributed by atoms with Gasteiger partial charge in [0.1, 0.15) is 16.8 Å². The SMILES string of the molecule is CCOC(=O)C1=C(N)N(c2cccc(C)c2C)C2=C(C(=O)CCC2)C12C(=O)Nc1ccc(Cl)cc12. The number of hydrogen-bond acceptors (Lipinski definition) is 6. The van der Waals surface area contributed by atoms with E-state index >= 15 is 0 Å². The molecule has 2 aromatic rings. The fourth-order valence-electron chi connectivity index (χ4n) is 5.54. The Kier molecular flexibility index (Phi) is 5.48. The lowest BCUT2D eigenvalue weighted by Gasteiger charge is -2.45. The monoisotopic (exact) mass is 491 g/mol. The molecule has 1 atom stereocenters. The molecule has 7 nitrogen and oxygen atoms in total. The summed E-state index contributed by atoms with van der Waals surface area (Å²) < 4.78 is 5.43. The number of benzene rings is 2. The highest BCUT2D eigenvalue weighted by molar-refractivity contribution is 6.31. The van der Waals surface area contributed by atoms with E-state index in [1.54, 1.807) is 30.0 Å². The van der Waals surface area contributed by atoms with Crippen molar-refractivity contribution in [1.29, 1.82) is 0 Å². The van der Waals surface area contributed by atoms with Crippen molar-refractivity contribution in [2.45, 2.75) is 45.4 Å². The summed E-state index contributed by atoms with van der Waals surface area (Å²) in [6, 6.07) is 10.7. The second-order valence-electron chi connectivity index (χ2n) is 9.03. The van der Waals surface area contributed by atoms with Crippen molar-refractivity contribution in [3.8, 4) is 0 Å².